The standard InChI is InChI=1S/C15H9BrF2N2O2S.C8H5Br2NS/c16-7-1-4-11-9(5-7)20-12(23-11)6-22-10-3-2-8(17)13(14(10)18)15(19)21;9-4-8-11-6-2-1-5(10)3-7(6)12-8/h1-5H,6H2,(H2,19,21);1-3H,4H2. The molecule has 2 heterocycles. The highest BCUT2D eigenvalue weighted by Crippen LogP contribution is 2.28. The number of carbonyl (C=O) groups excluding carboxylic acids is 1. The zero-order chi connectivity index (χ0) is 25.1. The first-order valence-corrected chi connectivity index (χ1v) is 14.2. The van der Waals surface area contributed by atoms with Gasteiger partial charge in [-0.2, -0.15) is 0 Å². The van der Waals surface area contributed by atoms with Gasteiger partial charge >= 0.3 is 0 Å². The summed E-state index contributed by atoms with van der Waals surface area (Å²) in [6.07, 6.45) is 0. The number of halogens is 5. The molecule has 0 aliphatic rings. The van der Waals surface area contributed by atoms with Crippen molar-refractivity contribution in [3.63, 3.8) is 0 Å². The van der Waals surface area contributed by atoms with Gasteiger partial charge in [0.15, 0.2) is 11.6 Å². The van der Waals surface area contributed by atoms with Crippen molar-refractivity contribution in [1.82, 2.24) is 9.97 Å². The van der Waals surface area contributed by atoms with Crippen molar-refractivity contribution in [1.29, 1.82) is 0 Å². The summed E-state index contributed by atoms with van der Waals surface area (Å²) in [5, 5.41) is 2.59. The van der Waals surface area contributed by atoms with Crippen LogP contribution in [0.2, 0.25) is 0 Å². The van der Waals surface area contributed by atoms with Crippen LogP contribution in [0.1, 0.15) is 20.4 Å². The highest BCUT2D eigenvalue weighted by molar-refractivity contribution is 9.10. The highest BCUT2D eigenvalue weighted by atomic mass is 79.9. The molecule has 0 saturated heterocycles. The number of ether oxygens (including phenoxy) is 1. The molecule has 5 aromatic rings. The maximum Gasteiger partial charge on any atom is 0.254 e. The monoisotopic (exact) mass is 703 g/mol. The van der Waals surface area contributed by atoms with E-state index >= 15 is 0 Å². The van der Waals surface area contributed by atoms with E-state index in [4.69, 9.17) is 10.5 Å². The molecule has 2 aromatic heterocycles. The summed E-state index contributed by atoms with van der Waals surface area (Å²) < 4.78 is 37.0. The SMILES string of the molecule is BrCc1nc2ccc(Br)cc2s1.NC(=O)c1c(F)ccc(OCc2nc3cc(Br)ccc3s2)c1F. The minimum Gasteiger partial charge on any atom is -0.483 e. The van der Waals surface area contributed by atoms with E-state index in [1.807, 2.05) is 30.3 Å². The van der Waals surface area contributed by atoms with Crippen molar-refractivity contribution in [2.75, 3.05) is 0 Å². The van der Waals surface area contributed by atoms with Gasteiger partial charge in [-0.05, 0) is 48.5 Å². The molecule has 3 aromatic carbocycles. The lowest BCUT2D eigenvalue weighted by Crippen LogP contribution is -2.16. The van der Waals surface area contributed by atoms with E-state index in [9.17, 15) is 13.6 Å². The average molecular weight is 706 g/mol. The number of nitrogens with two attached hydrogens (primary N) is 1. The number of primary amides is 1. The number of benzene rings is 3. The van der Waals surface area contributed by atoms with Crippen LogP contribution in [0.15, 0.2) is 57.5 Å². The quantitative estimate of drug-likeness (QED) is 0.188. The Hall–Kier alpha value is -1.99. The Kier molecular flexibility index (Phi) is 8.48. The average Bonchev–Trinajstić information content (AvgIpc) is 3.41. The second-order valence-electron chi connectivity index (χ2n) is 6.96. The van der Waals surface area contributed by atoms with Crippen LogP contribution in [0.3, 0.4) is 0 Å². The maximum absolute atomic E-state index is 14.1. The van der Waals surface area contributed by atoms with Gasteiger partial charge in [0.05, 0.1) is 25.8 Å². The zero-order valence-corrected chi connectivity index (χ0v) is 23.9. The van der Waals surface area contributed by atoms with Crippen molar-refractivity contribution in [3.05, 3.63) is 84.7 Å². The van der Waals surface area contributed by atoms with Gasteiger partial charge in [-0.3, -0.25) is 4.79 Å². The summed E-state index contributed by atoms with van der Waals surface area (Å²) in [5.41, 5.74) is 6.03. The van der Waals surface area contributed by atoms with E-state index in [0.717, 1.165) is 47.1 Å². The lowest BCUT2D eigenvalue weighted by molar-refractivity contribution is 0.0991. The fourth-order valence-electron chi connectivity index (χ4n) is 3.02. The van der Waals surface area contributed by atoms with Crippen LogP contribution in [0.4, 0.5) is 8.78 Å². The Morgan fingerprint density at radius 2 is 1.60 bits per heavy atom. The second kappa shape index (κ2) is 11.4. The molecular weight excluding hydrogens is 692 g/mol. The molecule has 0 spiro atoms. The van der Waals surface area contributed by atoms with Gasteiger partial charge in [0.1, 0.15) is 28.0 Å². The number of nitrogens with zero attached hydrogens (tertiary/aromatic N) is 2. The normalized spacial score (nSPS) is 10.9. The summed E-state index contributed by atoms with van der Waals surface area (Å²) >= 11 is 13.3. The largest absolute Gasteiger partial charge is 0.483 e. The van der Waals surface area contributed by atoms with E-state index in [1.165, 1.54) is 16.0 Å². The molecule has 5 rings (SSSR count). The van der Waals surface area contributed by atoms with E-state index in [0.29, 0.717) is 5.01 Å². The molecule has 0 atom stereocenters. The van der Waals surface area contributed by atoms with Crippen LogP contribution in [0, 0.1) is 11.6 Å². The summed E-state index contributed by atoms with van der Waals surface area (Å²) in [6, 6.07) is 13.9. The molecule has 0 saturated carbocycles. The molecule has 0 aliphatic heterocycles. The minimum atomic E-state index is -1.18. The lowest BCUT2D eigenvalue weighted by atomic mass is 10.2. The van der Waals surface area contributed by atoms with Crippen LogP contribution in [0.5, 0.6) is 5.75 Å². The summed E-state index contributed by atoms with van der Waals surface area (Å²) in [6.45, 7) is -0.00226. The number of amides is 1. The number of hydrogen-bond acceptors (Lipinski definition) is 6. The number of alkyl halides is 1. The number of carbonyl (C=O) groups is 1. The lowest BCUT2D eigenvalue weighted by Gasteiger charge is -2.08. The van der Waals surface area contributed by atoms with E-state index in [2.05, 4.69) is 63.8 Å². The fraction of sp³-hybridized carbons (Fsp3) is 0.0870. The fourth-order valence-corrected chi connectivity index (χ4v) is 6.07. The third-order valence-electron chi connectivity index (χ3n) is 4.56. The second-order valence-corrected chi connectivity index (χ2v) is 11.6. The molecule has 5 nitrogen and oxygen atoms in total. The van der Waals surface area contributed by atoms with Crippen molar-refractivity contribution in [2.45, 2.75) is 11.9 Å². The summed E-state index contributed by atoms with van der Waals surface area (Å²) in [4.78, 5) is 19.9. The van der Waals surface area contributed by atoms with E-state index < -0.39 is 23.1 Å². The van der Waals surface area contributed by atoms with E-state index in [1.54, 1.807) is 11.3 Å². The molecule has 0 unspecified atom stereocenters. The Morgan fingerprint density at radius 3 is 2.34 bits per heavy atom. The smallest absolute Gasteiger partial charge is 0.254 e. The molecule has 0 aliphatic carbocycles. The molecule has 0 radical (unpaired) electrons. The molecule has 2 N–H and O–H groups in total. The number of hydrogen-bond donors (Lipinski definition) is 1. The van der Waals surface area contributed by atoms with Gasteiger partial charge < -0.3 is 10.5 Å². The maximum atomic E-state index is 14.1. The molecule has 180 valence electrons. The predicted octanol–water partition coefficient (Wildman–Crippen LogP) is 7.97. The molecular formula is C23H14Br3F2N3O2S2. The van der Waals surface area contributed by atoms with Crippen LogP contribution in [-0.4, -0.2) is 15.9 Å². The third-order valence-corrected chi connectivity index (χ3v) is 8.47. The zero-order valence-electron chi connectivity index (χ0n) is 17.5. The molecule has 0 fully saturated rings. The molecule has 35 heavy (non-hydrogen) atoms. The third kappa shape index (κ3) is 6.23. The van der Waals surface area contributed by atoms with Gasteiger partial charge in [0, 0.05) is 8.95 Å². The van der Waals surface area contributed by atoms with Gasteiger partial charge in [0.25, 0.3) is 5.91 Å². The Labute approximate surface area is 231 Å². The van der Waals surface area contributed by atoms with E-state index in [-0.39, 0.29) is 12.4 Å². The van der Waals surface area contributed by atoms with Gasteiger partial charge in [-0.25, -0.2) is 18.7 Å². The predicted molar refractivity (Wildman–Crippen MR) is 146 cm³/mol. The van der Waals surface area contributed by atoms with Crippen molar-refractivity contribution < 1.29 is 18.3 Å². The van der Waals surface area contributed by atoms with Crippen molar-refractivity contribution >= 4 is 96.8 Å². The number of fused-ring (bicyclic) bond motifs is 2. The Balaban J connectivity index is 0.000000201. The van der Waals surface area contributed by atoms with Gasteiger partial charge in [-0.1, -0.05) is 47.8 Å². The topological polar surface area (TPSA) is 78.1 Å². The van der Waals surface area contributed by atoms with Crippen LogP contribution < -0.4 is 10.5 Å². The number of aromatic nitrogens is 2. The van der Waals surface area contributed by atoms with Crippen LogP contribution in [0.25, 0.3) is 20.4 Å². The van der Waals surface area contributed by atoms with Gasteiger partial charge in [0.2, 0.25) is 0 Å². The number of rotatable bonds is 5. The first kappa shape index (κ1) is 26.1. The number of thiazole rings is 2. The first-order valence-electron chi connectivity index (χ1n) is 9.81. The van der Waals surface area contributed by atoms with Gasteiger partial charge in [-0.15, -0.1) is 22.7 Å². The van der Waals surface area contributed by atoms with Crippen LogP contribution in [-0.2, 0) is 11.9 Å². The highest BCUT2D eigenvalue weighted by Gasteiger charge is 2.19. The summed E-state index contributed by atoms with van der Waals surface area (Å²) in [7, 11) is 0. The molecule has 12 heteroatoms. The minimum absolute atomic E-state index is 0.00226. The van der Waals surface area contributed by atoms with Crippen molar-refractivity contribution in [2.24, 2.45) is 5.73 Å². The first-order chi connectivity index (χ1) is 16.7. The van der Waals surface area contributed by atoms with Crippen molar-refractivity contribution in [3.8, 4) is 5.75 Å². The Morgan fingerprint density at radius 1 is 0.914 bits per heavy atom. The molecule has 0 bridgehead atoms. The molecule has 1 amide bonds. The summed E-state index contributed by atoms with van der Waals surface area (Å²) in [5.74, 6) is -3.57. The Bertz CT molecular complexity index is 1540. The van der Waals surface area contributed by atoms with Crippen LogP contribution >= 0.6 is 70.5 Å².